The fourth-order valence-corrected chi connectivity index (χ4v) is 4.03. The van der Waals surface area contributed by atoms with Gasteiger partial charge in [0.1, 0.15) is 0 Å². The van der Waals surface area contributed by atoms with Gasteiger partial charge in [0.2, 0.25) is 0 Å². The summed E-state index contributed by atoms with van der Waals surface area (Å²) >= 11 is 1.54. The van der Waals surface area contributed by atoms with Crippen LogP contribution in [0.15, 0.2) is 23.2 Å². The third-order valence-electron chi connectivity index (χ3n) is 4.31. The molecule has 2 heterocycles. The molecule has 0 fully saturated rings. The third-order valence-corrected chi connectivity index (χ3v) is 5.54. The highest BCUT2D eigenvalue weighted by Gasteiger charge is 2.13. The molecule has 138 valence electrons. The number of ether oxygens (including phenoxy) is 1. The Kier molecular flexibility index (Phi) is 5.38. The molecule has 7 heteroatoms. The number of thiazole rings is 1. The van der Waals surface area contributed by atoms with Crippen molar-refractivity contribution in [2.24, 2.45) is 12.0 Å². The number of carbonyl (C=O) groups excluding carboxylic acids is 1. The molecule has 0 aliphatic rings. The van der Waals surface area contributed by atoms with Crippen molar-refractivity contribution in [3.63, 3.8) is 0 Å². The number of carbonyl (C=O) groups is 1. The van der Waals surface area contributed by atoms with Crippen molar-refractivity contribution in [2.75, 3.05) is 13.2 Å². The number of amides is 1. The molecule has 6 nitrogen and oxygen atoms in total. The first-order chi connectivity index (χ1) is 12.4. The monoisotopic (exact) mass is 372 g/mol. The molecule has 2 aromatic heterocycles. The number of nitrogens with zero attached hydrogens (tertiary/aromatic N) is 4. The average molecular weight is 372 g/mol. The standard InChI is InChI=1S/C19H24N4O2S/c1-6-25-8-7-23-16-10-12(2)9-13(3)17(16)26-19(23)20-18(24)15-11-14(4)22(5)21-15/h9-11H,6-8H2,1-5H3. The molecular formula is C19H24N4O2S. The van der Waals surface area contributed by atoms with E-state index in [1.165, 1.54) is 22.5 Å². The Bertz CT molecular complexity index is 1010. The molecule has 0 atom stereocenters. The van der Waals surface area contributed by atoms with Gasteiger partial charge in [-0.05, 0) is 51.0 Å². The number of rotatable bonds is 5. The van der Waals surface area contributed by atoms with E-state index < -0.39 is 0 Å². The Morgan fingerprint density at radius 1 is 1.27 bits per heavy atom. The van der Waals surface area contributed by atoms with E-state index in [4.69, 9.17) is 4.74 Å². The highest BCUT2D eigenvalue weighted by molar-refractivity contribution is 7.16. The maximum Gasteiger partial charge on any atom is 0.300 e. The predicted octanol–water partition coefficient (Wildman–Crippen LogP) is 3.14. The zero-order chi connectivity index (χ0) is 18.8. The number of fused-ring (bicyclic) bond motifs is 1. The fraction of sp³-hybridized carbons (Fsp3) is 0.421. The molecule has 1 aromatic carbocycles. The van der Waals surface area contributed by atoms with Gasteiger partial charge in [-0.25, -0.2) is 0 Å². The van der Waals surface area contributed by atoms with Crippen molar-refractivity contribution in [1.29, 1.82) is 0 Å². The highest BCUT2D eigenvalue weighted by Crippen LogP contribution is 2.23. The summed E-state index contributed by atoms with van der Waals surface area (Å²) in [5.41, 5.74) is 4.77. The average Bonchev–Trinajstić information content (AvgIpc) is 3.09. The number of aryl methyl sites for hydroxylation is 4. The van der Waals surface area contributed by atoms with Gasteiger partial charge in [-0.15, -0.1) is 0 Å². The second-order valence-corrected chi connectivity index (χ2v) is 7.35. The number of hydrogen-bond donors (Lipinski definition) is 0. The minimum Gasteiger partial charge on any atom is -0.380 e. The molecule has 0 aliphatic heterocycles. The molecule has 0 radical (unpaired) electrons. The van der Waals surface area contributed by atoms with E-state index in [0.717, 1.165) is 15.9 Å². The van der Waals surface area contributed by atoms with Crippen LogP contribution in [0.5, 0.6) is 0 Å². The molecular weight excluding hydrogens is 348 g/mol. The Labute approximate surface area is 156 Å². The Hall–Kier alpha value is -2.25. The SMILES string of the molecule is CCOCCn1c(=NC(=O)c2cc(C)n(C)n2)sc2c(C)cc(C)cc21. The van der Waals surface area contributed by atoms with Crippen molar-refractivity contribution in [3.05, 3.63) is 45.5 Å². The van der Waals surface area contributed by atoms with Gasteiger partial charge in [0.25, 0.3) is 5.91 Å². The zero-order valence-electron chi connectivity index (χ0n) is 15.9. The molecule has 3 aromatic rings. The maximum atomic E-state index is 12.6. The molecule has 0 bridgehead atoms. The normalized spacial score (nSPS) is 12.3. The van der Waals surface area contributed by atoms with Gasteiger partial charge in [-0.1, -0.05) is 17.4 Å². The summed E-state index contributed by atoms with van der Waals surface area (Å²) in [6.07, 6.45) is 0. The Morgan fingerprint density at radius 3 is 2.69 bits per heavy atom. The van der Waals surface area contributed by atoms with Crippen LogP contribution in [0.4, 0.5) is 0 Å². The van der Waals surface area contributed by atoms with Gasteiger partial charge in [-0.3, -0.25) is 9.48 Å². The first-order valence-corrected chi connectivity index (χ1v) is 9.50. The molecule has 26 heavy (non-hydrogen) atoms. The minimum atomic E-state index is -0.320. The van der Waals surface area contributed by atoms with Gasteiger partial charge >= 0.3 is 0 Å². The van der Waals surface area contributed by atoms with Crippen LogP contribution in [-0.2, 0) is 18.3 Å². The maximum absolute atomic E-state index is 12.6. The highest BCUT2D eigenvalue weighted by atomic mass is 32.1. The smallest absolute Gasteiger partial charge is 0.300 e. The van der Waals surface area contributed by atoms with E-state index in [1.54, 1.807) is 10.7 Å². The number of hydrogen-bond acceptors (Lipinski definition) is 4. The number of benzene rings is 1. The van der Waals surface area contributed by atoms with Crippen LogP contribution < -0.4 is 4.80 Å². The van der Waals surface area contributed by atoms with Crippen molar-refractivity contribution in [1.82, 2.24) is 14.3 Å². The molecule has 0 unspecified atom stereocenters. The van der Waals surface area contributed by atoms with Crippen molar-refractivity contribution < 1.29 is 9.53 Å². The molecule has 0 saturated heterocycles. The van der Waals surface area contributed by atoms with E-state index in [-0.39, 0.29) is 5.91 Å². The van der Waals surface area contributed by atoms with Gasteiger partial charge in [-0.2, -0.15) is 10.1 Å². The van der Waals surface area contributed by atoms with Crippen molar-refractivity contribution in [2.45, 2.75) is 34.2 Å². The predicted molar refractivity (Wildman–Crippen MR) is 104 cm³/mol. The summed E-state index contributed by atoms with van der Waals surface area (Å²) in [7, 11) is 1.82. The van der Waals surface area contributed by atoms with E-state index in [0.29, 0.717) is 30.3 Å². The summed E-state index contributed by atoms with van der Waals surface area (Å²) in [6, 6.07) is 6.05. The van der Waals surface area contributed by atoms with Crippen molar-refractivity contribution >= 4 is 27.5 Å². The molecule has 0 spiro atoms. The third kappa shape index (κ3) is 3.64. The van der Waals surface area contributed by atoms with Crippen LogP contribution in [0.1, 0.15) is 34.2 Å². The summed E-state index contributed by atoms with van der Waals surface area (Å²) in [5, 5.41) is 4.24. The molecule has 0 N–H and O–H groups in total. The molecule has 1 amide bonds. The largest absolute Gasteiger partial charge is 0.380 e. The zero-order valence-corrected chi connectivity index (χ0v) is 16.7. The Balaban J connectivity index is 2.12. The summed E-state index contributed by atoms with van der Waals surface area (Å²) in [5.74, 6) is -0.320. The van der Waals surface area contributed by atoms with Crippen LogP contribution >= 0.6 is 11.3 Å². The van der Waals surface area contributed by atoms with Crippen LogP contribution in [0.3, 0.4) is 0 Å². The van der Waals surface area contributed by atoms with Crippen LogP contribution in [0.2, 0.25) is 0 Å². The first-order valence-electron chi connectivity index (χ1n) is 8.68. The second-order valence-electron chi connectivity index (χ2n) is 6.37. The second kappa shape index (κ2) is 7.55. The van der Waals surface area contributed by atoms with E-state index >= 15 is 0 Å². The van der Waals surface area contributed by atoms with E-state index in [1.807, 2.05) is 20.9 Å². The van der Waals surface area contributed by atoms with Gasteiger partial charge in [0.15, 0.2) is 10.5 Å². The molecule has 3 rings (SSSR count). The summed E-state index contributed by atoms with van der Waals surface area (Å²) in [4.78, 5) is 17.7. The minimum absolute atomic E-state index is 0.320. The van der Waals surface area contributed by atoms with E-state index in [2.05, 4.69) is 40.6 Å². The van der Waals surface area contributed by atoms with E-state index in [9.17, 15) is 4.79 Å². The summed E-state index contributed by atoms with van der Waals surface area (Å²) in [6.45, 7) is 9.96. The molecule has 0 aliphatic carbocycles. The lowest BCUT2D eigenvalue weighted by atomic mass is 10.1. The lowest BCUT2D eigenvalue weighted by Crippen LogP contribution is -2.20. The lowest BCUT2D eigenvalue weighted by molar-refractivity contribution is 0.0991. The van der Waals surface area contributed by atoms with Crippen molar-refractivity contribution in [3.8, 4) is 0 Å². The number of aromatic nitrogens is 3. The van der Waals surface area contributed by atoms with Crippen LogP contribution in [0, 0.1) is 20.8 Å². The quantitative estimate of drug-likeness (QED) is 0.647. The van der Waals surface area contributed by atoms with Gasteiger partial charge in [0, 0.05) is 25.9 Å². The fourth-order valence-electron chi connectivity index (χ4n) is 2.92. The first kappa shape index (κ1) is 18.5. The lowest BCUT2D eigenvalue weighted by Gasteiger charge is -2.06. The van der Waals surface area contributed by atoms with Crippen LogP contribution in [0.25, 0.3) is 10.2 Å². The summed E-state index contributed by atoms with van der Waals surface area (Å²) < 4.78 is 10.4. The Morgan fingerprint density at radius 2 is 2.04 bits per heavy atom. The van der Waals surface area contributed by atoms with Gasteiger partial charge in [0.05, 0.1) is 16.8 Å². The van der Waals surface area contributed by atoms with Crippen LogP contribution in [-0.4, -0.2) is 33.5 Å². The topological polar surface area (TPSA) is 61.4 Å². The molecule has 0 saturated carbocycles. The van der Waals surface area contributed by atoms with Gasteiger partial charge < -0.3 is 9.30 Å².